The second-order valence-electron chi connectivity index (χ2n) is 6.46. The zero-order chi connectivity index (χ0) is 15.5. The Morgan fingerprint density at radius 1 is 1.23 bits per heavy atom. The van der Waals surface area contributed by atoms with E-state index < -0.39 is 11.6 Å². The van der Waals surface area contributed by atoms with Gasteiger partial charge in [-0.05, 0) is 43.7 Å². The molecule has 120 valence electrons. The quantitative estimate of drug-likeness (QED) is 0.876. The van der Waals surface area contributed by atoms with Gasteiger partial charge in [-0.1, -0.05) is 6.07 Å². The lowest BCUT2D eigenvalue weighted by Gasteiger charge is -2.16. The molecule has 1 N–H and O–H groups in total. The van der Waals surface area contributed by atoms with Crippen molar-refractivity contribution in [3.63, 3.8) is 0 Å². The summed E-state index contributed by atoms with van der Waals surface area (Å²) < 4.78 is 27.0. The Morgan fingerprint density at radius 3 is 2.64 bits per heavy atom. The zero-order valence-electron chi connectivity index (χ0n) is 12.7. The maximum atomic E-state index is 13.5. The monoisotopic (exact) mass is 308 g/mol. The molecule has 5 heteroatoms. The number of benzene rings is 1. The first-order valence-corrected chi connectivity index (χ1v) is 8.06. The second-order valence-corrected chi connectivity index (χ2v) is 6.46. The molecule has 1 unspecified atom stereocenters. The first kappa shape index (κ1) is 15.4. The van der Waals surface area contributed by atoms with Crippen molar-refractivity contribution in [3.8, 4) is 0 Å². The van der Waals surface area contributed by atoms with E-state index in [2.05, 4.69) is 10.2 Å². The van der Waals surface area contributed by atoms with E-state index in [-0.39, 0.29) is 30.4 Å². The molecule has 1 atom stereocenters. The Hall–Kier alpha value is -1.49. The van der Waals surface area contributed by atoms with Crippen LogP contribution in [-0.2, 0) is 11.2 Å². The van der Waals surface area contributed by atoms with Gasteiger partial charge in [-0.3, -0.25) is 4.79 Å². The molecular formula is C17H22F2N2O. The zero-order valence-corrected chi connectivity index (χ0v) is 12.7. The van der Waals surface area contributed by atoms with Crippen LogP contribution in [0.2, 0.25) is 0 Å². The molecule has 22 heavy (non-hydrogen) atoms. The van der Waals surface area contributed by atoms with E-state index in [1.54, 1.807) is 0 Å². The molecule has 1 aliphatic carbocycles. The third-order valence-electron chi connectivity index (χ3n) is 4.51. The predicted molar refractivity (Wildman–Crippen MR) is 80.4 cm³/mol. The SMILES string of the molecule is O=C(CCc1c(F)cccc1F)NC1CCN(CC2CC2)C1. The van der Waals surface area contributed by atoms with Crippen molar-refractivity contribution in [2.24, 2.45) is 5.92 Å². The summed E-state index contributed by atoms with van der Waals surface area (Å²) in [4.78, 5) is 14.4. The molecule has 1 amide bonds. The van der Waals surface area contributed by atoms with Crippen molar-refractivity contribution in [1.29, 1.82) is 0 Å². The topological polar surface area (TPSA) is 32.3 Å². The van der Waals surface area contributed by atoms with Crippen LogP contribution in [0.1, 0.15) is 31.2 Å². The van der Waals surface area contributed by atoms with Gasteiger partial charge in [0.1, 0.15) is 11.6 Å². The van der Waals surface area contributed by atoms with Crippen LogP contribution in [0.4, 0.5) is 8.78 Å². The van der Waals surface area contributed by atoms with Gasteiger partial charge in [0.25, 0.3) is 0 Å². The maximum absolute atomic E-state index is 13.5. The van der Waals surface area contributed by atoms with Gasteiger partial charge < -0.3 is 10.2 Å². The summed E-state index contributed by atoms with van der Waals surface area (Å²) in [6.07, 6.45) is 3.86. The van der Waals surface area contributed by atoms with Crippen LogP contribution in [0.5, 0.6) is 0 Å². The van der Waals surface area contributed by atoms with Crippen LogP contribution in [0.15, 0.2) is 18.2 Å². The highest BCUT2D eigenvalue weighted by Gasteiger charge is 2.29. The molecule has 0 spiro atoms. The summed E-state index contributed by atoms with van der Waals surface area (Å²) in [6, 6.07) is 3.96. The van der Waals surface area contributed by atoms with E-state index in [4.69, 9.17) is 0 Å². The van der Waals surface area contributed by atoms with Crippen LogP contribution in [-0.4, -0.2) is 36.5 Å². The molecule has 1 aromatic carbocycles. The molecule has 1 heterocycles. The van der Waals surface area contributed by atoms with E-state index in [1.807, 2.05) is 0 Å². The van der Waals surface area contributed by atoms with Crippen LogP contribution in [0.3, 0.4) is 0 Å². The fourth-order valence-corrected chi connectivity index (χ4v) is 3.09. The lowest BCUT2D eigenvalue weighted by molar-refractivity contribution is -0.121. The fraction of sp³-hybridized carbons (Fsp3) is 0.588. The Balaban J connectivity index is 1.43. The minimum absolute atomic E-state index is 0.000526. The minimum atomic E-state index is -0.579. The minimum Gasteiger partial charge on any atom is -0.352 e. The molecule has 0 bridgehead atoms. The van der Waals surface area contributed by atoms with Crippen LogP contribution in [0, 0.1) is 17.6 Å². The highest BCUT2D eigenvalue weighted by molar-refractivity contribution is 5.76. The molecule has 2 fully saturated rings. The number of halogens is 2. The van der Waals surface area contributed by atoms with Crippen molar-refractivity contribution in [2.75, 3.05) is 19.6 Å². The van der Waals surface area contributed by atoms with Crippen LogP contribution < -0.4 is 5.32 Å². The maximum Gasteiger partial charge on any atom is 0.220 e. The van der Waals surface area contributed by atoms with E-state index in [1.165, 1.54) is 31.0 Å². The number of hydrogen-bond acceptors (Lipinski definition) is 2. The number of rotatable bonds is 6. The molecule has 1 aliphatic heterocycles. The highest BCUT2D eigenvalue weighted by atomic mass is 19.1. The Labute approximate surface area is 129 Å². The molecular weight excluding hydrogens is 286 g/mol. The van der Waals surface area contributed by atoms with Crippen molar-refractivity contribution in [3.05, 3.63) is 35.4 Å². The number of amides is 1. The summed E-state index contributed by atoms with van der Waals surface area (Å²) in [5, 5.41) is 2.99. The van der Waals surface area contributed by atoms with Crippen molar-refractivity contribution >= 4 is 5.91 Å². The van der Waals surface area contributed by atoms with Gasteiger partial charge in [-0.15, -0.1) is 0 Å². The van der Waals surface area contributed by atoms with Crippen LogP contribution in [0.25, 0.3) is 0 Å². The number of hydrogen-bond donors (Lipinski definition) is 1. The Morgan fingerprint density at radius 2 is 1.95 bits per heavy atom. The number of nitrogens with one attached hydrogen (secondary N) is 1. The normalized spacial score (nSPS) is 22.0. The van der Waals surface area contributed by atoms with E-state index >= 15 is 0 Å². The van der Waals surface area contributed by atoms with Gasteiger partial charge >= 0.3 is 0 Å². The van der Waals surface area contributed by atoms with Crippen molar-refractivity contribution in [1.82, 2.24) is 10.2 Å². The van der Waals surface area contributed by atoms with Gasteiger partial charge in [-0.2, -0.15) is 0 Å². The predicted octanol–water partition coefficient (Wildman–Crippen LogP) is 2.50. The second kappa shape index (κ2) is 6.73. The largest absolute Gasteiger partial charge is 0.352 e. The Bertz CT molecular complexity index is 525. The Kier molecular flexibility index (Phi) is 4.71. The van der Waals surface area contributed by atoms with Gasteiger partial charge in [0, 0.05) is 37.7 Å². The first-order valence-electron chi connectivity index (χ1n) is 8.06. The summed E-state index contributed by atoms with van der Waals surface area (Å²) in [7, 11) is 0. The molecule has 3 rings (SSSR count). The average molecular weight is 308 g/mol. The smallest absolute Gasteiger partial charge is 0.220 e. The van der Waals surface area contributed by atoms with E-state index in [0.29, 0.717) is 0 Å². The highest BCUT2D eigenvalue weighted by Crippen LogP contribution is 2.30. The summed E-state index contributed by atoms with van der Waals surface area (Å²) in [6.45, 7) is 3.08. The van der Waals surface area contributed by atoms with Gasteiger partial charge in [-0.25, -0.2) is 8.78 Å². The summed E-state index contributed by atoms with van der Waals surface area (Å²) in [5.41, 5.74) is -0.000526. The summed E-state index contributed by atoms with van der Waals surface area (Å²) in [5.74, 6) is -0.423. The number of carbonyl (C=O) groups is 1. The first-order chi connectivity index (χ1) is 10.6. The standard InChI is InChI=1S/C17H22F2N2O/c18-15-2-1-3-16(19)14(15)6-7-17(22)20-13-8-9-21(11-13)10-12-4-5-12/h1-3,12-13H,4-11H2,(H,20,22). The third kappa shape index (κ3) is 4.03. The van der Waals surface area contributed by atoms with Gasteiger partial charge in [0.05, 0.1) is 0 Å². The molecule has 2 aliphatic rings. The lowest BCUT2D eigenvalue weighted by Crippen LogP contribution is -2.37. The van der Waals surface area contributed by atoms with Gasteiger partial charge in [0.2, 0.25) is 5.91 Å². The van der Waals surface area contributed by atoms with Crippen molar-refractivity contribution in [2.45, 2.75) is 38.1 Å². The molecule has 1 saturated heterocycles. The molecule has 0 aromatic heterocycles. The fourth-order valence-electron chi connectivity index (χ4n) is 3.09. The van der Waals surface area contributed by atoms with Crippen molar-refractivity contribution < 1.29 is 13.6 Å². The summed E-state index contributed by atoms with van der Waals surface area (Å²) >= 11 is 0. The molecule has 0 radical (unpaired) electrons. The third-order valence-corrected chi connectivity index (χ3v) is 4.51. The van der Waals surface area contributed by atoms with Crippen LogP contribution >= 0.6 is 0 Å². The number of likely N-dealkylation sites (tertiary alicyclic amines) is 1. The molecule has 1 aromatic rings. The average Bonchev–Trinajstić information content (AvgIpc) is 3.17. The number of carbonyl (C=O) groups excluding carboxylic acids is 1. The van der Waals surface area contributed by atoms with E-state index in [0.717, 1.165) is 32.0 Å². The number of nitrogens with zero attached hydrogens (tertiary/aromatic N) is 1. The van der Waals surface area contributed by atoms with E-state index in [9.17, 15) is 13.6 Å². The lowest BCUT2D eigenvalue weighted by atomic mass is 10.1. The van der Waals surface area contributed by atoms with Gasteiger partial charge in [0.15, 0.2) is 0 Å². The molecule has 3 nitrogen and oxygen atoms in total. The molecule has 1 saturated carbocycles.